The van der Waals surface area contributed by atoms with Crippen LogP contribution < -0.4 is 5.32 Å². The van der Waals surface area contributed by atoms with Gasteiger partial charge in [-0.25, -0.2) is 4.98 Å². The molecule has 1 saturated carbocycles. The van der Waals surface area contributed by atoms with Gasteiger partial charge in [-0.3, -0.25) is 9.59 Å². The second kappa shape index (κ2) is 6.06. The van der Waals surface area contributed by atoms with E-state index >= 15 is 0 Å². The second-order valence-corrected chi connectivity index (χ2v) is 6.48. The molecular formula is C15H13ClN2O3S. The summed E-state index contributed by atoms with van der Waals surface area (Å²) in [5.41, 5.74) is 1.53. The zero-order chi connectivity index (χ0) is 15.7. The number of halogens is 1. The maximum atomic E-state index is 12.0. The molecule has 114 valence electrons. The molecule has 1 fully saturated rings. The van der Waals surface area contributed by atoms with Crippen molar-refractivity contribution in [2.45, 2.75) is 12.8 Å². The first-order chi connectivity index (χ1) is 10.5. The molecule has 5 nitrogen and oxygen atoms in total. The molecule has 2 aromatic rings. The number of nitrogens with zero attached hydrogens (tertiary/aromatic N) is 1. The normalized spacial score (nSPS) is 20.2. The highest BCUT2D eigenvalue weighted by Crippen LogP contribution is 2.35. The van der Waals surface area contributed by atoms with E-state index in [0.29, 0.717) is 28.7 Å². The van der Waals surface area contributed by atoms with Crippen molar-refractivity contribution in [2.75, 3.05) is 5.32 Å². The number of carboxylic acid groups (broad SMARTS) is 1. The number of thiazole rings is 1. The first-order valence-electron chi connectivity index (χ1n) is 6.78. The number of carbonyl (C=O) groups excluding carboxylic acids is 1. The van der Waals surface area contributed by atoms with E-state index in [1.54, 1.807) is 6.07 Å². The van der Waals surface area contributed by atoms with Crippen LogP contribution in [0.5, 0.6) is 0 Å². The fourth-order valence-electron chi connectivity index (χ4n) is 2.36. The zero-order valence-electron chi connectivity index (χ0n) is 11.5. The molecule has 1 aliphatic carbocycles. The molecule has 0 atom stereocenters. The van der Waals surface area contributed by atoms with Crippen LogP contribution in [0, 0.1) is 11.8 Å². The second-order valence-electron chi connectivity index (χ2n) is 5.21. The SMILES string of the molecule is O=C(O)C1CC(C(=O)Nc2nc(-c3ccccc3Cl)cs2)C1. The number of nitrogens with one attached hydrogen (secondary N) is 1. The number of amides is 1. The topological polar surface area (TPSA) is 79.3 Å². The third-order valence-electron chi connectivity index (χ3n) is 3.74. The lowest BCUT2D eigenvalue weighted by atomic mass is 9.74. The summed E-state index contributed by atoms with van der Waals surface area (Å²) in [5, 5.41) is 14.5. The number of benzene rings is 1. The molecule has 22 heavy (non-hydrogen) atoms. The van der Waals surface area contributed by atoms with Gasteiger partial charge < -0.3 is 10.4 Å². The predicted molar refractivity (Wildman–Crippen MR) is 85.0 cm³/mol. The first-order valence-corrected chi connectivity index (χ1v) is 8.04. The van der Waals surface area contributed by atoms with Crippen LogP contribution in [0.25, 0.3) is 11.3 Å². The summed E-state index contributed by atoms with van der Waals surface area (Å²) >= 11 is 7.45. The van der Waals surface area contributed by atoms with Crippen LogP contribution in [0.1, 0.15) is 12.8 Å². The third-order valence-corrected chi connectivity index (χ3v) is 4.83. The number of aliphatic carboxylic acids is 1. The Hall–Kier alpha value is -1.92. The minimum Gasteiger partial charge on any atom is -0.481 e. The predicted octanol–water partition coefficient (Wildman–Crippen LogP) is 3.51. The number of carboxylic acids is 1. The van der Waals surface area contributed by atoms with Crippen molar-refractivity contribution < 1.29 is 14.7 Å². The molecule has 1 aromatic heterocycles. The highest BCUT2D eigenvalue weighted by Gasteiger charge is 2.38. The number of hydrogen-bond donors (Lipinski definition) is 2. The Balaban J connectivity index is 1.64. The van der Waals surface area contributed by atoms with E-state index < -0.39 is 11.9 Å². The van der Waals surface area contributed by atoms with Crippen molar-refractivity contribution in [3.8, 4) is 11.3 Å². The maximum absolute atomic E-state index is 12.0. The molecule has 0 aliphatic heterocycles. The molecule has 1 aromatic carbocycles. The summed E-state index contributed by atoms with van der Waals surface area (Å²) in [4.78, 5) is 27.1. The Morgan fingerprint density at radius 3 is 2.68 bits per heavy atom. The minimum atomic E-state index is -0.834. The van der Waals surface area contributed by atoms with Gasteiger partial charge in [0.05, 0.1) is 11.6 Å². The molecule has 7 heteroatoms. The molecular weight excluding hydrogens is 324 g/mol. The highest BCUT2D eigenvalue weighted by atomic mass is 35.5. The molecule has 2 N–H and O–H groups in total. The highest BCUT2D eigenvalue weighted by molar-refractivity contribution is 7.14. The van der Waals surface area contributed by atoms with E-state index in [1.807, 2.05) is 23.6 Å². The summed E-state index contributed by atoms with van der Waals surface area (Å²) < 4.78 is 0. The van der Waals surface area contributed by atoms with Gasteiger partial charge in [0.1, 0.15) is 0 Å². The summed E-state index contributed by atoms with van der Waals surface area (Å²) in [7, 11) is 0. The Kier molecular flexibility index (Phi) is 4.13. The lowest BCUT2D eigenvalue weighted by Gasteiger charge is -2.30. The van der Waals surface area contributed by atoms with Crippen molar-refractivity contribution in [1.82, 2.24) is 4.98 Å². The molecule has 3 rings (SSSR count). The summed E-state index contributed by atoms with van der Waals surface area (Å²) in [6.07, 6.45) is 0.786. The monoisotopic (exact) mass is 336 g/mol. The van der Waals surface area contributed by atoms with Crippen molar-refractivity contribution in [3.63, 3.8) is 0 Å². The van der Waals surface area contributed by atoms with E-state index in [4.69, 9.17) is 16.7 Å². The molecule has 0 bridgehead atoms. The summed E-state index contributed by atoms with van der Waals surface area (Å²) in [5.74, 6) is -1.64. The fraction of sp³-hybridized carbons (Fsp3) is 0.267. The molecule has 0 saturated heterocycles. The van der Waals surface area contributed by atoms with Crippen LogP contribution in [-0.2, 0) is 9.59 Å². The zero-order valence-corrected chi connectivity index (χ0v) is 13.0. The van der Waals surface area contributed by atoms with Crippen molar-refractivity contribution >= 4 is 39.9 Å². The Labute approximate surface area is 136 Å². The first kappa shape index (κ1) is 15.0. The van der Waals surface area contributed by atoms with Crippen LogP contribution >= 0.6 is 22.9 Å². The average Bonchev–Trinajstić information content (AvgIpc) is 2.85. The molecule has 1 aliphatic rings. The average molecular weight is 337 g/mol. The summed E-state index contributed by atoms with van der Waals surface area (Å²) in [6, 6.07) is 7.37. The number of hydrogen-bond acceptors (Lipinski definition) is 4. The molecule has 0 spiro atoms. The Morgan fingerprint density at radius 1 is 1.27 bits per heavy atom. The third kappa shape index (κ3) is 2.98. The van der Waals surface area contributed by atoms with Gasteiger partial charge in [-0.2, -0.15) is 0 Å². The van der Waals surface area contributed by atoms with Crippen LogP contribution in [-0.4, -0.2) is 22.0 Å². The van der Waals surface area contributed by atoms with E-state index in [-0.39, 0.29) is 11.8 Å². The lowest BCUT2D eigenvalue weighted by molar-refractivity contribution is -0.147. The van der Waals surface area contributed by atoms with Crippen molar-refractivity contribution in [3.05, 3.63) is 34.7 Å². The van der Waals surface area contributed by atoms with Gasteiger partial charge >= 0.3 is 5.97 Å². The van der Waals surface area contributed by atoms with E-state index in [9.17, 15) is 9.59 Å². The smallest absolute Gasteiger partial charge is 0.306 e. The van der Waals surface area contributed by atoms with Crippen LogP contribution in [0.15, 0.2) is 29.6 Å². The molecule has 0 radical (unpaired) electrons. The Bertz CT molecular complexity index is 725. The standard InChI is InChI=1S/C15H13ClN2O3S/c16-11-4-2-1-3-10(11)12-7-22-15(17-12)18-13(19)8-5-9(6-8)14(20)21/h1-4,7-9H,5-6H2,(H,20,21)(H,17,18,19). The fourth-order valence-corrected chi connectivity index (χ4v) is 3.31. The molecule has 1 heterocycles. The van der Waals surface area contributed by atoms with Gasteiger partial charge in [-0.05, 0) is 18.9 Å². The van der Waals surface area contributed by atoms with Crippen LogP contribution in [0.2, 0.25) is 5.02 Å². The number of rotatable bonds is 4. The van der Waals surface area contributed by atoms with Gasteiger partial charge in [-0.1, -0.05) is 29.8 Å². The van der Waals surface area contributed by atoms with Crippen molar-refractivity contribution in [2.24, 2.45) is 11.8 Å². The molecule has 1 amide bonds. The quantitative estimate of drug-likeness (QED) is 0.895. The van der Waals surface area contributed by atoms with Gasteiger partial charge in [0, 0.05) is 21.9 Å². The van der Waals surface area contributed by atoms with Crippen molar-refractivity contribution in [1.29, 1.82) is 0 Å². The Morgan fingerprint density at radius 2 is 2.00 bits per heavy atom. The molecule has 0 unspecified atom stereocenters. The number of aromatic nitrogens is 1. The summed E-state index contributed by atoms with van der Waals surface area (Å²) in [6.45, 7) is 0. The van der Waals surface area contributed by atoms with Gasteiger partial charge in [0.15, 0.2) is 5.13 Å². The van der Waals surface area contributed by atoms with E-state index in [1.165, 1.54) is 11.3 Å². The van der Waals surface area contributed by atoms with E-state index in [0.717, 1.165) is 5.56 Å². The van der Waals surface area contributed by atoms with Gasteiger partial charge in [0.2, 0.25) is 5.91 Å². The van der Waals surface area contributed by atoms with Crippen LogP contribution in [0.3, 0.4) is 0 Å². The van der Waals surface area contributed by atoms with Gasteiger partial charge in [-0.15, -0.1) is 11.3 Å². The van der Waals surface area contributed by atoms with Gasteiger partial charge in [0.25, 0.3) is 0 Å². The minimum absolute atomic E-state index is 0.169. The van der Waals surface area contributed by atoms with Crippen LogP contribution in [0.4, 0.5) is 5.13 Å². The largest absolute Gasteiger partial charge is 0.481 e. The number of carbonyl (C=O) groups is 2. The number of anilines is 1. The lowest BCUT2D eigenvalue weighted by Crippen LogP contribution is -2.38. The maximum Gasteiger partial charge on any atom is 0.306 e. The van der Waals surface area contributed by atoms with E-state index in [2.05, 4.69) is 10.3 Å².